The minimum Gasteiger partial charge on any atom is -0.475 e. The lowest BCUT2D eigenvalue weighted by atomic mass is 9.78. The molecular formula is C21H34N2O4. The smallest absolute Gasteiger partial charge is 0.256 e. The molecule has 6 heteroatoms. The zero-order valence-corrected chi connectivity index (χ0v) is 17.2. The lowest BCUT2D eigenvalue weighted by Crippen LogP contribution is -2.49. The number of carbonyl (C=O) groups excluding carboxylic acids is 1. The van der Waals surface area contributed by atoms with Crippen molar-refractivity contribution < 1.29 is 19.0 Å². The number of hydrogen-bond donors (Lipinski definition) is 1. The van der Waals surface area contributed by atoms with Crippen LogP contribution in [-0.2, 0) is 14.3 Å². The summed E-state index contributed by atoms with van der Waals surface area (Å²) in [5, 5.41) is 3.05. The molecule has 1 aromatic rings. The fraction of sp³-hybridized carbons (Fsp3) is 0.714. The number of carbonyl (C=O) groups is 1. The number of nitrogens with one attached hydrogen (secondary N) is 1. The van der Waals surface area contributed by atoms with Crippen molar-refractivity contribution in [2.75, 3.05) is 31.7 Å². The van der Waals surface area contributed by atoms with Gasteiger partial charge in [-0.15, -0.1) is 0 Å². The minimum atomic E-state index is -0.729. The summed E-state index contributed by atoms with van der Waals surface area (Å²) >= 11 is 0. The van der Waals surface area contributed by atoms with E-state index < -0.39 is 5.60 Å². The van der Waals surface area contributed by atoms with E-state index in [1.54, 1.807) is 6.07 Å². The number of amides is 1. The zero-order chi connectivity index (χ0) is 19.7. The molecule has 1 aromatic heterocycles. The number of rotatable bonds is 10. The Bertz CT molecular complexity index is 608. The molecule has 1 N–H and O–H groups in total. The minimum absolute atomic E-state index is 0.0579. The number of aromatic nitrogens is 1. The normalized spacial score (nSPS) is 22.4. The Morgan fingerprint density at radius 1 is 1.30 bits per heavy atom. The second-order valence-electron chi connectivity index (χ2n) is 7.33. The summed E-state index contributed by atoms with van der Waals surface area (Å²) in [7, 11) is 0. The maximum Gasteiger partial charge on any atom is 0.256 e. The number of anilines is 1. The average Bonchev–Trinajstić information content (AvgIpc) is 2.65. The summed E-state index contributed by atoms with van der Waals surface area (Å²) in [5.74, 6) is 0.965. The molecule has 2 rings (SSSR count). The van der Waals surface area contributed by atoms with Crippen molar-refractivity contribution >= 4 is 11.6 Å². The fourth-order valence-electron chi connectivity index (χ4n) is 3.54. The highest BCUT2D eigenvalue weighted by molar-refractivity contribution is 5.97. The summed E-state index contributed by atoms with van der Waals surface area (Å²) in [6, 6.07) is 3.62. The Morgan fingerprint density at radius 2 is 2.11 bits per heavy atom. The van der Waals surface area contributed by atoms with Gasteiger partial charge in [0.1, 0.15) is 12.2 Å². The predicted octanol–water partition coefficient (Wildman–Crippen LogP) is 4.12. The molecule has 1 saturated carbocycles. The molecule has 27 heavy (non-hydrogen) atoms. The summed E-state index contributed by atoms with van der Waals surface area (Å²) in [4.78, 5) is 17.5. The average molecular weight is 379 g/mol. The molecule has 0 aromatic carbocycles. The molecule has 1 aliphatic carbocycles. The highest BCUT2D eigenvalue weighted by atomic mass is 16.5. The van der Waals surface area contributed by atoms with Gasteiger partial charge in [0, 0.05) is 19.3 Å². The molecule has 1 fully saturated rings. The van der Waals surface area contributed by atoms with Crippen LogP contribution < -0.4 is 10.1 Å². The molecule has 1 amide bonds. The first kappa shape index (κ1) is 21.6. The van der Waals surface area contributed by atoms with Gasteiger partial charge in [-0.3, -0.25) is 4.79 Å². The number of nitrogens with zero attached hydrogens (tertiary/aromatic N) is 1. The van der Waals surface area contributed by atoms with Gasteiger partial charge < -0.3 is 19.5 Å². The lowest BCUT2D eigenvalue weighted by molar-refractivity contribution is -0.148. The van der Waals surface area contributed by atoms with E-state index in [1.807, 2.05) is 19.9 Å². The lowest BCUT2D eigenvalue weighted by Gasteiger charge is -2.38. The van der Waals surface area contributed by atoms with Crippen LogP contribution in [0.25, 0.3) is 0 Å². The third kappa shape index (κ3) is 6.18. The SMILES string of the molecule is CCCOC1(C(=O)Nc2ccc(OCCOCC)nc2C)CCCC(C)C1. The van der Waals surface area contributed by atoms with Gasteiger partial charge in [0.05, 0.1) is 18.0 Å². The second-order valence-corrected chi connectivity index (χ2v) is 7.33. The van der Waals surface area contributed by atoms with Crippen LogP contribution in [0.1, 0.15) is 58.6 Å². The third-order valence-corrected chi connectivity index (χ3v) is 4.94. The van der Waals surface area contributed by atoms with Crippen molar-refractivity contribution in [3.63, 3.8) is 0 Å². The van der Waals surface area contributed by atoms with Crippen molar-refractivity contribution in [3.05, 3.63) is 17.8 Å². The third-order valence-electron chi connectivity index (χ3n) is 4.94. The van der Waals surface area contributed by atoms with Crippen molar-refractivity contribution in [1.82, 2.24) is 4.98 Å². The van der Waals surface area contributed by atoms with Crippen LogP contribution in [0.3, 0.4) is 0 Å². The molecule has 1 heterocycles. The summed E-state index contributed by atoms with van der Waals surface area (Å²) < 4.78 is 16.9. The fourth-order valence-corrected chi connectivity index (χ4v) is 3.54. The van der Waals surface area contributed by atoms with Gasteiger partial charge in [-0.05, 0) is 51.5 Å². The van der Waals surface area contributed by atoms with Gasteiger partial charge in [-0.1, -0.05) is 20.3 Å². The number of aryl methyl sites for hydroxylation is 1. The Labute approximate surface area is 163 Å². The van der Waals surface area contributed by atoms with Gasteiger partial charge >= 0.3 is 0 Å². The van der Waals surface area contributed by atoms with Crippen LogP contribution in [0, 0.1) is 12.8 Å². The van der Waals surface area contributed by atoms with Crippen molar-refractivity contribution in [3.8, 4) is 5.88 Å². The van der Waals surface area contributed by atoms with Crippen molar-refractivity contribution in [2.45, 2.75) is 65.4 Å². The highest BCUT2D eigenvalue weighted by Gasteiger charge is 2.42. The first-order valence-electron chi connectivity index (χ1n) is 10.1. The molecule has 2 unspecified atom stereocenters. The van der Waals surface area contributed by atoms with Gasteiger partial charge in [-0.25, -0.2) is 4.98 Å². The molecule has 1 aliphatic rings. The largest absolute Gasteiger partial charge is 0.475 e. The van der Waals surface area contributed by atoms with Crippen LogP contribution in [-0.4, -0.2) is 42.9 Å². The Kier molecular flexibility index (Phi) is 8.51. The van der Waals surface area contributed by atoms with E-state index >= 15 is 0 Å². The van der Waals surface area contributed by atoms with Crippen LogP contribution in [0.4, 0.5) is 5.69 Å². The maximum absolute atomic E-state index is 13.1. The molecule has 0 aliphatic heterocycles. The summed E-state index contributed by atoms with van der Waals surface area (Å²) in [6.07, 6.45) is 4.61. The van der Waals surface area contributed by atoms with Crippen molar-refractivity contribution in [1.29, 1.82) is 0 Å². The van der Waals surface area contributed by atoms with E-state index in [2.05, 4.69) is 24.1 Å². The second kappa shape index (κ2) is 10.6. The van der Waals surface area contributed by atoms with Gasteiger partial charge in [-0.2, -0.15) is 0 Å². The van der Waals surface area contributed by atoms with E-state index in [-0.39, 0.29) is 5.91 Å². The van der Waals surface area contributed by atoms with Crippen LogP contribution >= 0.6 is 0 Å². The Hall–Kier alpha value is -1.66. The van der Waals surface area contributed by atoms with E-state index in [1.165, 1.54) is 0 Å². The summed E-state index contributed by atoms with van der Waals surface area (Å²) in [5.41, 5.74) is 0.703. The molecule has 0 bridgehead atoms. The van der Waals surface area contributed by atoms with Crippen LogP contribution in [0.15, 0.2) is 12.1 Å². The van der Waals surface area contributed by atoms with Crippen molar-refractivity contribution in [2.24, 2.45) is 5.92 Å². The van der Waals surface area contributed by atoms with Crippen LogP contribution in [0.2, 0.25) is 0 Å². The quantitative estimate of drug-likeness (QED) is 0.620. The molecule has 6 nitrogen and oxygen atoms in total. The van der Waals surface area contributed by atoms with Gasteiger partial charge in [0.25, 0.3) is 5.91 Å². The van der Waals surface area contributed by atoms with E-state index in [0.29, 0.717) is 43.9 Å². The molecule has 0 spiro atoms. The molecule has 2 atom stereocenters. The topological polar surface area (TPSA) is 69.7 Å². The first-order valence-corrected chi connectivity index (χ1v) is 10.1. The summed E-state index contributed by atoms with van der Waals surface area (Å²) in [6.45, 7) is 10.3. The Balaban J connectivity index is 2.03. The number of ether oxygens (including phenoxy) is 3. The number of hydrogen-bond acceptors (Lipinski definition) is 5. The molecule has 0 radical (unpaired) electrons. The number of pyridine rings is 1. The van der Waals surface area contributed by atoms with Gasteiger partial charge in [0.2, 0.25) is 5.88 Å². The highest BCUT2D eigenvalue weighted by Crippen LogP contribution is 2.36. The van der Waals surface area contributed by atoms with E-state index in [9.17, 15) is 4.79 Å². The molecule has 152 valence electrons. The van der Waals surface area contributed by atoms with Crippen LogP contribution in [0.5, 0.6) is 5.88 Å². The molecule has 0 saturated heterocycles. The van der Waals surface area contributed by atoms with E-state index in [4.69, 9.17) is 14.2 Å². The zero-order valence-electron chi connectivity index (χ0n) is 17.2. The monoisotopic (exact) mass is 378 g/mol. The predicted molar refractivity (Wildman–Crippen MR) is 106 cm³/mol. The standard InChI is InChI=1S/C21H34N2O4/c1-5-12-27-21(11-7-8-16(3)15-21)20(24)23-18-9-10-19(22-17(18)4)26-14-13-25-6-2/h9-10,16H,5-8,11-15H2,1-4H3,(H,23,24). The maximum atomic E-state index is 13.1. The van der Waals surface area contributed by atoms with Gasteiger partial charge in [0.15, 0.2) is 0 Å². The molecular weight excluding hydrogens is 344 g/mol. The van der Waals surface area contributed by atoms with E-state index in [0.717, 1.165) is 37.8 Å². The Morgan fingerprint density at radius 3 is 2.78 bits per heavy atom. The first-order chi connectivity index (χ1) is 13.0.